The highest BCUT2D eigenvalue weighted by atomic mass is 32.2. The van der Waals surface area contributed by atoms with Crippen LogP contribution in [0.2, 0.25) is 0 Å². The Morgan fingerprint density at radius 1 is 1.30 bits per heavy atom. The number of nitrogen functional groups attached to an aromatic ring is 1. The number of aromatic nitrogens is 2. The second-order valence-corrected chi connectivity index (χ2v) is 7.43. The molecule has 0 spiro atoms. The molecule has 9 heteroatoms. The van der Waals surface area contributed by atoms with E-state index in [0.717, 1.165) is 10.2 Å². The summed E-state index contributed by atoms with van der Waals surface area (Å²) < 4.78 is 10.5. The Balaban J connectivity index is 1.49. The molecule has 0 aliphatic carbocycles. The van der Waals surface area contributed by atoms with Gasteiger partial charge >= 0.3 is 5.97 Å². The molecule has 142 valence electrons. The van der Waals surface area contributed by atoms with Crippen molar-refractivity contribution in [2.24, 2.45) is 0 Å². The largest absolute Gasteiger partial charge is 0.491 e. The number of nitrogens with two attached hydrogens (primary N) is 1. The van der Waals surface area contributed by atoms with Crippen molar-refractivity contribution in [3.8, 4) is 5.75 Å². The molecule has 0 radical (unpaired) electrons. The number of esters is 1. The number of hydrogen-bond donors (Lipinski definition) is 2. The Bertz CT molecular complexity index is 915. The molecule has 0 saturated heterocycles. The number of benzene rings is 1. The third-order valence-electron chi connectivity index (χ3n) is 3.55. The number of aliphatic hydroxyl groups excluding tert-OH is 1. The normalized spacial score (nSPS) is 12.1. The van der Waals surface area contributed by atoms with Gasteiger partial charge < -0.3 is 20.3 Å². The molecule has 0 aliphatic heterocycles. The maximum atomic E-state index is 11.6. The van der Waals surface area contributed by atoms with Crippen LogP contribution in [0.5, 0.6) is 5.75 Å². The molecule has 7 nitrogen and oxygen atoms in total. The summed E-state index contributed by atoms with van der Waals surface area (Å²) in [5.41, 5.74) is 6.37. The molecule has 0 unspecified atom stereocenters. The second kappa shape index (κ2) is 9.03. The maximum Gasteiger partial charge on any atom is 0.338 e. The van der Waals surface area contributed by atoms with E-state index in [2.05, 4.69) is 9.97 Å². The summed E-state index contributed by atoms with van der Waals surface area (Å²) in [5.74, 6) is 1.00. The second-order valence-electron chi connectivity index (χ2n) is 5.55. The van der Waals surface area contributed by atoms with Gasteiger partial charge in [-0.25, -0.2) is 14.8 Å². The molecule has 2 aromatic heterocycles. The number of carbonyl (C=O) groups excluding carboxylic acids is 1. The number of ether oxygens (including phenoxy) is 2. The van der Waals surface area contributed by atoms with Crippen LogP contribution in [0.3, 0.4) is 0 Å². The van der Waals surface area contributed by atoms with Crippen LogP contribution < -0.4 is 10.5 Å². The van der Waals surface area contributed by atoms with Crippen LogP contribution in [0.25, 0.3) is 10.2 Å². The highest BCUT2D eigenvalue weighted by Crippen LogP contribution is 2.26. The van der Waals surface area contributed by atoms with Crippen molar-refractivity contribution < 1.29 is 19.4 Å². The van der Waals surface area contributed by atoms with Crippen molar-refractivity contribution in [3.63, 3.8) is 0 Å². The molecule has 0 bridgehead atoms. The van der Waals surface area contributed by atoms with Crippen LogP contribution in [-0.2, 0) is 4.74 Å². The van der Waals surface area contributed by atoms with Gasteiger partial charge in [0, 0.05) is 5.75 Å². The van der Waals surface area contributed by atoms with Crippen LogP contribution in [0.1, 0.15) is 17.3 Å². The highest BCUT2D eigenvalue weighted by molar-refractivity contribution is 7.99. The first-order valence-corrected chi connectivity index (χ1v) is 10.1. The van der Waals surface area contributed by atoms with Gasteiger partial charge in [-0.3, -0.25) is 0 Å². The van der Waals surface area contributed by atoms with Crippen LogP contribution in [-0.4, -0.2) is 46.1 Å². The molecule has 2 heterocycles. The number of nitrogens with zero attached hydrogens (tertiary/aromatic N) is 2. The summed E-state index contributed by atoms with van der Waals surface area (Å²) >= 11 is 2.82. The molecule has 0 fully saturated rings. The first kappa shape index (κ1) is 19.4. The lowest BCUT2D eigenvalue weighted by Gasteiger charge is -2.12. The smallest absolute Gasteiger partial charge is 0.338 e. The Kier molecular flexibility index (Phi) is 6.49. The number of aliphatic hydroxyl groups is 1. The Labute approximate surface area is 164 Å². The van der Waals surface area contributed by atoms with E-state index in [9.17, 15) is 9.90 Å². The average Bonchev–Trinajstić information content (AvgIpc) is 3.14. The topological polar surface area (TPSA) is 108 Å². The van der Waals surface area contributed by atoms with Gasteiger partial charge in [0.25, 0.3) is 0 Å². The molecule has 1 aromatic carbocycles. The van der Waals surface area contributed by atoms with E-state index in [-0.39, 0.29) is 12.6 Å². The lowest BCUT2D eigenvalue weighted by Crippen LogP contribution is -2.20. The predicted molar refractivity (Wildman–Crippen MR) is 106 cm³/mol. The van der Waals surface area contributed by atoms with Crippen LogP contribution in [0.4, 0.5) is 5.82 Å². The van der Waals surface area contributed by atoms with E-state index >= 15 is 0 Å². The third-order valence-corrected chi connectivity index (χ3v) is 5.35. The van der Waals surface area contributed by atoms with E-state index in [1.165, 1.54) is 23.1 Å². The van der Waals surface area contributed by atoms with Gasteiger partial charge in [-0.15, -0.1) is 11.3 Å². The number of hydrogen-bond acceptors (Lipinski definition) is 9. The minimum Gasteiger partial charge on any atom is -0.491 e. The zero-order chi connectivity index (χ0) is 19.2. The summed E-state index contributed by atoms with van der Waals surface area (Å²) in [4.78, 5) is 21.1. The van der Waals surface area contributed by atoms with Crippen LogP contribution in [0.15, 0.2) is 40.9 Å². The number of anilines is 1. The van der Waals surface area contributed by atoms with Crippen molar-refractivity contribution in [1.29, 1.82) is 0 Å². The van der Waals surface area contributed by atoms with Crippen molar-refractivity contribution in [3.05, 3.63) is 41.3 Å². The summed E-state index contributed by atoms with van der Waals surface area (Å²) in [6.45, 7) is 2.20. The molecular weight excluding hydrogens is 386 g/mol. The van der Waals surface area contributed by atoms with E-state index in [1.807, 2.05) is 11.4 Å². The molecule has 0 aliphatic rings. The van der Waals surface area contributed by atoms with E-state index in [4.69, 9.17) is 15.2 Å². The maximum absolute atomic E-state index is 11.6. The lowest BCUT2D eigenvalue weighted by molar-refractivity contribution is 0.0526. The van der Waals surface area contributed by atoms with Crippen LogP contribution >= 0.6 is 23.1 Å². The monoisotopic (exact) mass is 405 g/mol. The zero-order valence-electron chi connectivity index (χ0n) is 14.6. The summed E-state index contributed by atoms with van der Waals surface area (Å²) in [6.07, 6.45) is -0.705. The zero-order valence-corrected chi connectivity index (χ0v) is 16.3. The summed E-state index contributed by atoms with van der Waals surface area (Å²) in [6, 6.07) is 8.48. The first-order chi connectivity index (χ1) is 13.1. The minimum atomic E-state index is -0.705. The summed E-state index contributed by atoms with van der Waals surface area (Å²) in [7, 11) is 0. The van der Waals surface area contributed by atoms with Gasteiger partial charge in [-0.2, -0.15) is 0 Å². The minimum absolute atomic E-state index is 0.114. The molecule has 0 saturated carbocycles. The Morgan fingerprint density at radius 3 is 2.81 bits per heavy atom. The third kappa shape index (κ3) is 5.09. The number of thioether (sulfide) groups is 1. The number of thiophene rings is 1. The standard InChI is InChI=1S/C18H19N3O4S2/c1-2-24-17(23)11-3-5-13(6-4-11)25-9-12(22)10-27-18-20-15(19)14-7-8-26-16(14)21-18/h3-8,12,22H,2,9-10H2,1H3,(H2,19,20,21)/t12-/m0/s1. The molecular formula is C18H19N3O4S2. The average molecular weight is 406 g/mol. The predicted octanol–water partition coefficient (Wildman–Crippen LogP) is 2.98. The van der Waals surface area contributed by atoms with E-state index in [0.29, 0.717) is 34.6 Å². The van der Waals surface area contributed by atoms with Gasteiger partial charge in [-0.05, 0) is 42.6 Å². The highest BCUT2D eigenvalue weighted by Gasteiger charge is 2.11. The first-order valence-electron chi connectivity index (χ1n) is 8.28. The molecule has 1 atom stereocenters. The quantitative estimate of drug-likeness (QED) is 0.335. The van der Waals surface area contributed by atoms with Gasteiger partial charge in [0.15, 0.2) is 5.16 Å². The van der Waals surface area contributed by atoms with Gasteiger partial charge in [0.1, 0.15) is 23.0 Å². The fourth-order valence-electron chi connectivity index (χ4n) is 2.24. The SMILES string of the molecule is CCOC(=O)c1ccc(OC[C@H](O)CSc2nc(N)c3ccsc3n2)cc1. The summed E-state index contributed by atoms with van der Waals surface area (Å²) in [5, 5.41) is 13.4. The van der Waals surface area contributed by atoms with Gasteiger partial charge in [0.2, 0.25) is 0 Å². The van der Waals surface area contributed by atoms with E-state index < -0.39 is 6.10 Å². The number of rotatable bonds is 8. The van der Waals surface area contributed by atoms with Crippen molar-refractivity contribution in [1.82, 2.24) is 9.97 Å². The fraction of sp³-hybridized carbons (Fsp3) is 0.278. The van der Waals surface area contributed by atoms with Crippen molar-refractivity contribution >= 4 is 45.1 Å². The van der Waals surface area contributed by atoms with Crippen LogP contribution in [0, 0.1) is 0 Å². The van der Waals surface area contributed by atoms with Gasteiger partial charge in [-0.1, -0.05) is 11.8 Å². The lowest BCUT2D eigenvalue weighted by atomic mass is 10.2. The Morgan fingerprint density at radius 2 is 2.07 bits per heavy atom. The molecule has 3 rings (SSSR count). The van der Waals surface area contributed by atoms with Crippen molar-refractivity contribution in [2.45, 2.75) is 18.2 Å². The molecule has 3 N–H and O–H groups in total. The molecule has 0 amide bonds. The number of fused-ring (bicyclic) bond motifs is 1. The van der Waals surface area contributed by atoms with Crippen molar-refractivity contribution in [2.75, 3.05) is 24.7 Å². The number of carbonyl (C=O) groups is 1. The fourth-order valence-corrected chi connectivity index (χ4v) is 3.82. The van der Waals surface area contributed by atoms with Gasteiger partial charge in [0.05, 0.1) is 23.7 Å². The molecule has 3 aromatic rings. The Hall–Kier alpha value is -2.36. The van der Waals surface area contributed by atoms with E-state index in [1.54, 1.807) is 31.2 Å². The molecule has 27 heavy (non-hydrogen) atoms.